The van der Waals surface area contributed by atoms with Gasteiger partial charge in [-0.15, -0.1) is 0 Å². The minimum absolute atomic E-state index is 0.0723. The van der Waals surface area contributed by atoms with Gasteiger partial charge in [0, 0.05) is 15.7 Å². The van der Waals surface area contributed by atoms with Gasteiger partial charge in [-0.1, -0.05) is 34.1 Å². The van der Waals surface area contributed by atoms with Crippen molar-refractivity contribution in [3.05, 3.63) is 86.9 Å². The smallest absolute Gasteiger partial charge is 0.262 e. The molecular formula is C23H23BrN2O3S. The fourth-order valence-corrected chi connectivity index (χ4v) is 4.64. The molecule has 5 nitrogen and oxygen atoms in total. The van der Waals surface area contributed by atoms with Gasteiger partial charge in [0.1, 0.15) is 0 Å². The van der Waals surface area contributed by atoms with E-state index in [0.717, 1.165) is 21.2 Å². The van der Waals surface area contributed by atoms with Crippen LogP contribution in [0.4, 0.5) is 11.4 Å². The highest BCUT2D eigenvalue weighted by Crippen LogP contribution is 2.25. The van der Waals surface area contributed by atoms with E-state index in [1.165, 1.54) is 6.07 Å². The number of rotatable bonds is 5. The van der Waals surface area contributed by atoms with Crippen molar-refractivity contribution in [1.29, 1.82) is 0 Å². The van der Waals surface area contributed by atoms with Gasteiger partial charge in [0.25, 0.3) is 15.9 Å². The first-order chi connectivity index (χ1) is 14.1. The first-order valence-corrected chi connectivity index (χ1v) is 11.6. The highest BCUT2D eigenvalue weighted by Gasteiger charge is 2.20. The molecule has 2 N–H and O–H groups in total. The average Bonchev–Trinajstić information content (AvgIpc) is 2.67. The Labute approximate surface area is 185 Å². The summed E-state index contributed by atoms with van der Waals surface area (Å²) in [5.74, 6) is -0.375. The average molecular weight is 487 g/mol. The minimum atomic E-state index is -3.86. The number of hydrogen-bond acceptors (Lipinski definition) is 3. The topological polar surface area (TPSA) is 75.3 Å². The number of hydrogen-bond donors (Lipinski definition) is 2. The molecule has 0 saturated carbocycles. The molecule has 0 fully saturated rings. The van der Waals surface area contributed by atoms with Crippen LogP contribution >= 0.6 is 15.9 Å². The maximum absolute atomic E-state index is 13.1. The summed E-state index contributed by atoms with van der Waals surface area (Å²) in [7, 11) is -3.86. The van der Waals surface area contributed by atoms with E-state index in [-0.39, 0.29) is 16.4 Å². The standard InChI is InChI=1S/C23H23BrN2O3S/c1-14-5-6-15(2)21(11-14)26-30(28,29)22-13-18(8-7-16(22)3)23(27)25-19-9-10-20(24)17(4)12-19/h5-13,26H,1-4H3,(H,25,27). The predicted octanol–water partition coefficient (Wildman–Crippen LogP) is 5.74. The van der Waals surface area contributed by atoms with Crippen LogP contribution in [0.15, 0.2) is 64.0 Å². The van der Waals surface area contributed by atoms with Gasteiger partial charge in [-0.05, 0) is 86.3 Å². The Bertz CT molecular complexity index is 1240. The maximum Gasteiger partial charge on any atom is 0.262 e. The summed E-state index contributed by atoms with van der Waals surface area (Å²) in [4.78, 5) is 12.8. The van der Waals surface area contributed by atoms with Crippen molar-refractivity contribution in [1.82, 2.24) is 0 Å². The number of nitrogens with one attached hydrogen (secondary N) is 2. The third-order valence-corrected chi connectivity index (χ3v) is 7.19. The molecule has 0 aromatic heterocycles. The van der Waals surface area contributed by atoms with Gasteiger partial charge < -0.3 is 5.32 Å². The molecule has 1 amide bonds. The van der Waals surface area contributed by atoms with E-state index in [1.54, 1.807) is 31.2 Å². The Morgan fingerprint density at radius 1 is 0.833 bits per heavy atom. The molecule has 0 unspecified atom stereocenters. The third-order valence-electron chi connectivity index (χ3n) is 4.79. The van der Waals surface area contributed by atoms with E-state index in [1.807, 2.05) is 45.0 Å². The fourth-order valence-electron chi connectivity index (χ4n) is 3.00. The summed E-state index contributed by atoms with van der Waals surface area (Å²) in [6.07, 6.45) is 0. The molecule has 3 aromatic rings. The van der Waals surface area contributed by atoms with E-state index < -0.39 is 10.0 Å². The summed E-state index contributed by atoms with van der Waals surface area (Å²) in [5, 5.41) is 2.82. The van der Waals surface area contributed by atoms with Crippen molar-refractivity contribution in [3.8, 4) is 0 Å². The Morgan fingerprint density at radius 3 is 2.23 bits per heavy atom. The van der Waals surface area contributed by atoms with Crippen LogP contribution in [0.2, 0.25) is 0 Å². The van der Waals surface area contributed by atoms with Crippen LogP contribution in [0.25, 0.3) is 0 Å². The molecule has 0 bridgehead atoms. The van der Waals surface area contributed by atoms with Crippen molar-refractivity contribution in [3.63, 3.8) is 0 Å². The van der Waals surface area contributed by atoms with E-state index in [0.29, 0.717) is 16.9 Å². The summed E-state index contributed by atoms with van der Waals surface area (Å²) in [6.45, 7) is 7.37. The summed E-state index contributed by atoms with van der Waals surface area (Å²) >= 11 is 3.43. The van der Waals surface area contributed by atoms with Crippen LogP contribution in [0.5, 0.6) is 0 Å². The van der Waals surface area contributed by atoms with Crippen LogP contribution < -0.4 is 10.0 Å². The zero-order chi connectivity index (χ0) is 22.1. The molecule has 156 valence electrons. The number of carbonyl (C=O) groups is 1. The molecule has 30 heavy (non-hydrogen) atoms. The minimum Gasteiger partial charge on any atom is -0.322 e. The monoisotopic (exact) mass is 486 g/mol. The molecular weight excluding hydrogens is 464 g/mol. The van der Waals surface area contributed by atoms with Crippen molar-refractivity contribution in [2.75, 3.05) is 10.0 Å². The summed E-state index contributed by atoms with van der Waals surface area (Å²) in [6, 6.07) is 15.7. The summed E-state index contributed by atoms with van der Waals surface area (Å²) < 4.78 is 29.7. The van der Waals surface area contributed by atoms with Crippen molar-refractivity contribution in [2.45, 2.75) is 32.6 Å². The second-order valence-corrected chi connectivity index (χ2v) is 9.83. The number of benzene rings is 3. The lowest BCUT2D eigenvalue weighted by atomic mass is 10.1. The highest BCUT2D eigenvalue weighted by molar-refractivity contribution is 9.10. The summed E-state index contributed by atoms with van der Waals surface area (Å²) in [5.41, 5.74) is 4.74. The zero-order valence-corrected chi connectivity index (χ0v) is 19.6. The van der Waals surface area contributed by atoms with Crippen molar-refractivity contribution in [2.24, 2.45) is 0 Å². The fraction of sp³-hybridized carbons (Fsp3) is 0.174. The molecule has 3 aromatic carbocycles. The second kappa shape index (κ2) is 8.62. The molecule has 0 atom stereocenters. The van der Waals surface area contributed by atoms with Gasteiger partial charge in [-0.2, -0.15) is 0 Å². The van der Waals surface area contributed by atoms with Crippen LogP contribution in [0.3, 0.4) is 0 Å². The van der Waals surface area contributed by atoms with Gasteiger partial charge in [-0.25, -0.2) is 8.42 Å². The second-order valence-electron chi connectivity index (χ2n) is 7.32. The van der Waals surface area contributed by atoms with Gasteiger partial charge in [0.2, 0.25) is 0 Å². The lowest BCUT2D eigenvalue weighted by Gasteiger charge is -2.14. The van der Waals surface area contributed by atoms with Crippen LogP contribution in [0.1, 0.15) is 32.6 Å². The Hall–Kier alpha value is -2.64. The molecule has 0 saturated heterocycles. The van der Waals surface area contributed by atoms with Crippen molar-refractivity contribution < 1.29 is 13.2 Å². The molecule has 3 rings (SSSR count). The first kappa shape index (κ1) is 22.1. The Kier molecular flexibility index (Phi) is 6.33. The van der Waals surface area contributed by atoms with Crippen molar-refractivity contribution >= 4 is 43.2 Å². The Morgan fingerprint density at radius 2 is 1.53 bits per heavy atom. The number of amides is 1. The normalized spacial score (nSPS) is 11.2. The number of sulfonamides is 1. The lowest BCUT2D eigenvalue weighted by molar-refractivity contribution is 0.102. The van der Waals surface area contributed by atoms with E-state index in [2.05, 4.69) is 26.0 Å². The quantitative estimate of drug-likeness (QED) is 0.482. The van der Waals surface area contributed by atoms with Gasteiger partial charge in [0.05, 0.1) is 10.6 Å². The largest absolute Gasteiger partial charge is 0.322 e. The molecule has 7 heteroatoms. The SMILES string of the molecule is Cc1ccc(C)c(NS(=O)(=O)c2cc(C(=O)Nc3ccc(Br)c(C)c3)ccc2C)c1. The molecule has 0 aliphatic carbocycles. The maximum atomic E-state index is 13.1. The zero-order valence-electron chi connectivity index (χ0n) is 17.2. The molecule has 0 aliphatic rings. The van der Waals surface area contributed by atoms with Gasteiger partial charge in [-0.3, -0.25) is 9.52 Å². The number of aryl methyl sites for hydroxylation is 4. The number of carbonyl (C=O) groups excluding carboxylic acids is 1. The highest BCUT2D eigenvalue weighted by atomic mass is 79.9. The van der Waals surface area contributed by atoms with Crippen LogP contribution in [-0.2, 0) is 10.0 Å². The lowest BCUT2D eigenvalue weighted by Crippen LogP contribution is -2.17. The third kappa shape index (κ3) is 4.91. The molecule has 0 spiro atoms. The molecule has 0 heterocycles. The predicted molar refractivity (Wildman–Crippen MR) is 125 cm³/mol. The first-order valence-electron chi connectivity index (χ1n) is 9.35. The van der Waals surface area contributed by atoms with Gasteiger partial charge in [0.15, 0.2) is 0 Å². The van der Waals surface area contributed by atoms with Gasteiger partial charge >= 0.3 is 0 Å². The van der Waals surface area contributed by atoms with E-state index >= 15 is 0 Å². The molecule has 0 radical (unpaired) electrons. The molecule has 0 aliphatic heterocycles. The van der Waals surface area contributed by atoms with E-state index in [4.69, 9.17) is 0 Å². The van der Waals surface area contributed by atoms with Crippen LogP contribution in [-0.4, -0.2) is 14.3 Å². The Balaban J connectivity index is 1.91. The number of anilines is 2. The van der Waals surface area contributed by atoms with E-state index in [9.17, 15) is 13.2 Å². The number of halogens is 1. The van der Waals surface area contributed by atoms with Crippen LogP contribution in [0, 0.1) is 27.7 Å².